The largest absolute Gasteiger partial charge is 0.497 e. The number of ether oxygens (including phenoxy) is 1. The standard InChI is InChI=1S/C20H19ClN4O2/c1-27-17-4-2-3-16(9-17)25-12-13(11-23-25)10-22-20(26)19-8-14-7-15(21)5-6-18(14)24-19/h2-4,6-9,11-12,15,24H,5,10H2,1H3,(H,22,26). The van der Waals surface area contributed by atoms with Crippen LogP contribution in [-0.2, 0) is 6.54 Å². The maximum Gasteiger partial charge on any atom is 0.267 e. The van der Waals surface area contributed by atoms with Gasteiger partial charge in [0.2, 0.25) is 0 Å². The van der Waals surface area contributed by atoms with Crippen molar-refractivity contribution < 1.29 is 9.53 Å². The van der Waals surface area contributed by atoms with Crippen molar-refractivity contribution in [3.05, 3.63) is 64.6 Å². The molecule has 1 aromatic carbocycles. The van der Waals surface area contributed by atoms with Crippen LogP contribution in [0.4, 0.5) is 0 Å². The highest BCUT2D eigenvalue weighted by atomic mass is 35.5. The van der Waals surface area contributed by atoms with E-state index in [9.17, 15) is 4.79 Å². The normalized spacial score (nSPS) is 15.4. The summed E-state index contributed by atoms with van der Waals surface area (Å²) in [6.45, 7) is 0.387. The molecular weight excluding hydrogens is 364 g/mol. The van der Waals surface area contributed by atoms with Crippen molar-refractivity contribution in [2.75, 3.05) is 7.11 Å². The van der Waals surface area contributed by atoms with E-state index in [0.29, 0.717) is 12.2 Å². The van der Waals surface area contributed by atoms with E-state index in [4.69, 9.17) is 16.3 Å². The second-order valence-electron chi connectivity index (χ2n) is 6.35. The summed E-state index contributed by atoms with van der Waals surface area (Å²) in [6.07, 6.45) is 8.36. The summed E-state index contributed by atoms with van der Waals surface area (Å²) in [7, 11) is 1.63. The summed E-state index contributed by atoms with van der Waals surface area (Å²) in [4.78, 5) is 15.6. The van der Waals surface area contributed by atoms with Crippen LogP contribution in [0, 0.1) is 0 Å². The van der Waals surface area contributed by atoms with Gasteiger partial charge in [-0.3, -0.25) is 4.79 Å². The number of alkyl halides is 1. The van der Waals surface area contributed by atoms with Crippen LogP contribution in [0.5, 0.6) is 5.75 Å². The predicted octanol–water partition coefficient (Wildman–Crippen LogP) is 1.71. The lowest BCUT2D eigenvalue weighted by atomic mass is 10.1. The predicted molar refractivity (Wildman–Crippen MR) is 105 cm³/mol. The van der Waals surface area contributed by atoms with Gasteiger partial charge < -0.3 is 15.0 Å². The molecule has 0 aliphatic heterocycles. The molecule has 0 fully saturated rings. The zero-order valence-corrected chi connectivity index (χ0v) is 15.5. The van der Waals surface area contributed by atoms with Crippen LogP contribution in [0.25, 0.3) is 17.8 Å². The third-order valence-corrected chi connectivity index (χ3v) is 4.74. The molecule has 1 aliphatic carbocycles. The summed E-state index contributed by atoms with van der Waals surface area (Å²) in [5.74, 6) is 0.604. The van der Waals surface area contributed by atoms with Crippen LogP contribution in [-0.4, -0.2) is 33.2 Å². The molecule has 1 atom stereocenters. The van der Waals surface area contributed by atoms with Crippen LogP contribution in [0.1, 0.15) is 22.5 Å². The quantitative estimate of drug-likeness (QED) is 0.660. The molecule has 27 heavy (non-hydrogen) atoms. The van der Waals surface area contributed by atoms with Crippen molar-refractivity contribution in [1.82, 2.24) is 20.1 Å². The summed E-state index contributed by atoms with van der Waals surface area (Å²) in [5, 5.41) is 9.16. The van der Waals surface area contributed by atoms with Crippen molar-refractivity contribution >= 4 is 29.7 Å². The molecule has 3 aromatic rings. The Kier molecular flexibility index (Phi) is 4.73. The highest BCUT2D eigenvalue weighted by Gasteiger charge is 2.11. The second kappa shape index (κ2) is 7.32. The number of carbonyl (C=O) groups excluding carboxylic acids is 1. The summed E-state index contributed by atoms with van der Waals surface area (Å²) in [6, 6.07) is 9.46. The molecular formula is C20H19ClN4O2. The van der Waals surface area contributed by atoms with Crippen molar-refractivity contribution in [3.63, 3.8) is 0 Å². The number of amides is 1. The summed E-state index contributed by atoms with van der Waals surface area (Å²) >= 11 is 6.13. The van der Waals surface area contributed by atoms with Crippen molar-refractivity contribution in [1.29, 1.82) is 0 Å². The topological polar surface area (TPSA) is 71.9 Å². The zero-order valence-electron chi connectivity index (χ0n) is 14.8. The molecule has 0 spiro atoms. The van der Waals surface area contributed by atoms with E-state index >= 15 is 0 Å². The van der Waals surface area contributed by atoms with Gasteiger partial charge >= 0.3 is 0 Å². The molecule has 0 saturated carbocycles. The minimum absolute atomic E-state index is 0.0216. The molecule has 0 saturated heterocycles. The molecule has 2 aromatic heterocycles. The van der Waals surface area contributed by atoms with Crippen LogP contribution >= 0.6 is 11.6 Å². The Morgan fingerprint density at radius 3 is 3.19 bits per heavy atom. The number of halogens is 1. The Labute approximate surface area is 161 Å². The molecule has 6 nitrogen and oxygen atoms in total. The average molecular weight is 383 g/mol. The first-order chi connectivity index (χ1) is 13.1. The van der Waals surface area contributed by atoms with Crippen molar-refractivity contribution in [2.45, 2.75) is 18.3 Å². The van der Waals surface area contributed by atoms with Gasteiger partial charge in [-0.15, -0.1) is 11.6 Å². The Balaban J connectivity index is 1.44. The minimum atomic E-state index is -0.161. The van der Waals surface area contributed by atoms with E-state index in [2.05, 4.69) is 15.4 Å². The van der Waals surface area contributed by atoms with Gasteiger partial charge in [-0.25, -0.2) is 4.68 Å². The lowest BCUT2D eigenvalue weighted by Crippen LogP contribution is -2.27. The maximum atomic E-state index is 12.4. The molecule has 1 amide bonds. The van der Waals surface area contributed by atoms with E-state index in [0.717, 1.165) is 34.0 Å². The van der Waals surface area contributed by atoms with Crippen LogP contribution in [0.2, 0.25) is 0 Å². The number of nitrogens with zero attached hydrogens (tertiary/aromatic N) is 2. The van der Waals surface area contributed by atoms with Crippen molar-refractivity contribution in [2.24, 2.45) is 0 Å². The van der Waals surface area contributed by atoms with E-state index in [1.54, 1.807) is 18.0 Å². The van der Waals surface area contributed by atoms with Gasteiger partial charge in [0.15, 0.2) is 0 Å². The first-order valence-electron chi connectivity index (χ1n) is 8.64. The van der Waals surface area contributed by atoms with Gasteiger partial charge in [0.25, 0.3) is 5.91 Å². The highest BCUT2D eigenvalue weighted by Crippen LogP contribution is 2.16. The Bertz CT molecular complexity index is 1100. The third kappa shape index (κ3) is 3.75. The SMILES string of the molecule is COc1cccc(-n2cc(CNC(=O)c3cc4c([nH]3)=CCC(Cl)C=4)cn2)c1. The van der Waals surface area contributed by atoms with Gasteiger partial charge in [-0.1, -0.05) is 18.2 Å². The molecule has 2 heterocycles. The number of hydrogen-bond acceptors (Lipinski definition) is 3. The van der Waals surface area contributed by atoms with E-state index < -0.39 is 0 Å². The molecule has 2 N–H and O–H groups in total. The third-order valence-electron chi connectivity index (χ3n) is 4.44. The fraction of sp³-hybridized carbons (Fsp3) is 0.200. The average Bonchev–Trinajstić information content (AvgIpc) is 3.33. The molecule has 138 valence electrons. The number of aromatic amines is 1. The molecule has 0 bridgehead atoms. The first-order valence-corrected chi connectivity index (χ1v) is 9.07. The molecule has 0 radical (unpaired) electrons. The summed E-state index contributed by atoms with van der Waals surface area (Å²) in [5.41, 5.74) is 2.32. The van der Waals surface area contributed by atoms with Crippen molar-refractivity contribution in [3.8, 4) is 11.4 Å². The smallest absolute Gasteiger partial charge is 0.267 e. The number of rotatable bonds is 5. The number of benzene rings is 1. The fourth-order valence-corrected chi connectivity index (χ4v) is 3.26. The van der Waals surface area contributed by atoms with E-state index in [1.165, 1.54) is 0 Å². The van der Waals surface area contributed by atoms with Gasteiger partial charge in [-0.2, -0.15) is 5.10 Å². The van der Waals surface area contributed by atoms with Gasteiger partial charge in [-0.05, 0) is 29.8 Å². The number of fused-ring (bicyclic) bond motifs is 1. The Morgan fingerprint density at radius 1 is 1.44 bits per heavy atom. The lowest BCUT2D eigenvalue weighted by molar-refractivity contribution is 0.0946. The van der Waals surface area contributed by atoms with E-state index in [1.807, 2.05) is 48.7 Å². The first kappa shape index (κ1) is 17.4. The molecule has 4 rings (SSSR count). The number of nitrogens with one attached hydrogen (secondary N) is 2. The molecule has 1 aliphatic rings. The highest BCUT2D eigenvalue weighted by molar-refractivity contribution is 6.24. The van der Waals surface area contributed by atoms with Gasteiger partial charge in [0.1, 0.15) is 11.4 Å². The number of methoxy groups -OCH3 is 1. The van der Waals surface area contributed by atoms with E-state index in [-0.39, 0.29) is 11.3 Å². The number of aromatic nitrogens is 3. The number of H-pyrrole nitrogens is 1. The van der Waals surface area contributed by atoms with Crippen LogP contribution in [0.3, 0.4) is 0 Å². The van der Waals surface area contributed by atoms with Crippen LogP contribution in [0.15, 0.2) is 42.7 Å². The Hall–Kier alpha value is -2.99. The van der Waals surface area contributed by atoms with Gasteiger partial charge in [0, 0.05) is 29.7 Å². The number of hydrogen-bond donors (Lipinski definition) is 2. The second-order valence-corrected chi connectivity index (χ2v) is 6.91. The molecule has 1 unspecified atom stereocenters. The molecule has 7 heteroatoms. The lowest BCUT2D eigenvalue weighted by Gasteiger charge is -2.04. The Morgan fingerprint density at radius 2 is 2.33 bits per heavy atom. The minimum Gasteiger partial charge on any atom is -0.497 e. The zero-order chi connectivity index (χ0) is 18.8. The number of carbonyl (C=O) groups is 1. The van der Waals surface area contributed by atoms with Gasteiger partial charge in [0.05, 0.1) is 24.4 Å². The fourth-order valence-electron chi connectivity index (χ4n) is 3.03. The van der Waals surface area contributed by atoms with Crippen LogP contribution < -0.4 is 20.6 Å². The maximum absolute atomic E-state index is 12.4. The summed E-state index contributed by atoms with van der Waals surface area (Å²) < 4.78 is 6.99. The monoisotopic (exact) mass is 382 g/mol.